The van der Waals surface area contributed by atoms with Crippen LogP contribution in [0.15, 0.2) is 0 Å². The van der Waals surface area contributed by atoms with Gasteiger partial charge in [0.05, 0.1) is 0 Å². The van der Waals surface area contributed by atoms with E-state index >= 15 is 0 Å². The predicted octanol–water partition coefficient (Wildman–Crippen LogP) is 0.145. The van der Waals surface area contributed by atoms with E-state index in [4.69, 9.17) is 10.8 Å². The number of urea groups is 1. The fraction of sp³-hybridized carbons (Fsp3) is 0.727. The Morgan fingerprint density at radius 2 is 1.89 bits per heavy atom. The molecule has 0 aromatic rings. The van der Waals surface area contributed by atoms with E-state index < -0.39 is 29.5 Å². The van der Waals surface area contributed by atoms with Gasteiger partial charge in [-0.1, -0.05) is 6.92 Å². The maximum absolute atomic E-state index is 11.8. The van der Waals surface area contributed by atoms with Crippen LogP contribution in [0.2, 0.25) is 0 Å². The molecule has 18 heavy (non-hydrogen) atoms. The van der Waals surface area contributed by atoms with Crippen molar-refractivity contribution in [1.82, 2.24) is 10.2 Å². The van der Waals surface area contributed by atoms with Crippen molar-refractivity contribution in [3.63, 3.8) is 0 Å². The third kappa shape index (κ3) is 5.03. The summed E-state index contributed by atoms with van der Waals surface area (Å²) in [5.74, 6) is -1.60. The first-order valence-corrected chi connectivity index (χ1v) is 5.66. The van der Waals surface area contributed by atoms with Gasteiger partial charge in [-0.15, -0.1) is 0 Å². The normalized spacial score (nSPS) is 12.7. The molecule has 0 aromatic carbocycles. The van der Waals surface area contributed by atoms with Crippen LogP contribution in [0.25, 0.3) is 0 Å². The fourth-order valence-electron chi connectivity index (χ4n) is 1.61. The Bertz CT molecular complexity index is 341. The van der Waals surface area contributed by atoms with E-state index in [1.54, 1.807) is 20.8 Å². The quantitative estimate of drug-likeness (QED) is 0.630. The third-order valence-corrected chi connectivity index (χ3v) is 2.52. The van der Waals surface area contributed by atoms with Gasteiger partial charge in [-0.2, -0.15) is 0 Å². The van der Waals surface area contributed by atoms with Crippen LogP contribution in [0.5, 0.6) is 0 Å². The van der Waals surface area contributed by atoms with Gasteiger partial charge in [0.2, 0.25) is 5.91 Å². The van der Waals surface area contributed by atoms with Gasteiger partial charge in [0.1, 0.15) is 6.04 Å². The van der Waals surface area contributed by atoms with Crippen molar-refractivity contribution in [2.75, 3.05) is 7.05 Å². The molecule has 4 N–H and O–H groups in total. The molecular weight excluding hydrogens is 238 g/mol. The highest BCUT2D eigenvalue weighted by molar-refractivity contribution is 5.83. The molecule has 1 atom stereocenters. The second kappa shape index (κ2) is 6.23. The summed E-state index contributed by atoms with van der Waals surface area (Å²) in [6.45, 7) is 4.97. The van der Waals surface area contributed by atoms with Crippen molar-refractivity contribution >= 4 is 17.9 Å². The van der Waals surface area contributed by atoms with Crippen LogP contribution in [0, 0.1) is 0 Å². The maximum Gasteiger partial charge on any atom is 0.326 e. The van der Waals surface area contributed by atoms with E-state index in [2.05, 4.69) is 5.32 Å². The molecule has 0 radical (unpaired) electrons. The first kappa shape index (κ1) is 16.2. The lowest BCUT2D eigenvalue weighted by molar-refractivity contribution is -0.142. The number of carboxylic acid groups (broad SMARTS) is 1. The molecule has 1 unspecified atom stereocenters. The zero-order chi connectivity index (χ0) is 14.5. The number of primary amides is 1. The summed E-state index contributed by atoms with van der Waals surface area (Å²) in [4.78, 5) is 34.7. The largest absolute Gasteiger partial charge is 0.480 e. The zero-order valence-electron chi connectivity index (χ0n) is 11.2. The van der Waals surface area contributed by atoms with Gasteiger partial charge in [-0.25, -0.2) is 9.59 Å². The molecule has 3 amide bonds. The molecule has 0 fully saturated rings. The number of nitrogens with one attached hydrogen (secondary N) is 1. The highest BCUT2D eigenvalue weighted by Gasteiger charge is 2.29. The molecule has 7 nitrogen and oxygen atoms in total. The minimum atomic E-state index is -1.07. The fourth-order valence-corrected chi connectivity index (χ4v) is 1.61. The van der Waals surface area contributed by atoms with Crippen molar-refractivity contribution in [2.24, 2.45) is 5.73 Å². The number of rotatable bonds is 6. The van der Waals surface area contributed by atoms with E-state index in [9.17, 15) is 14.4 Å². The van der Waals surface area contributed by atoms with E-state index in [0.29, 0.717) is 6.42 Å². The number of amides is 3. The minimum Gasteiger partial charge on any atom is -0.480 e. The van der Waals surface area contributed by atoms with Crippen LogP contribution < -0.4 is 11.1 Å². The SMILES string of the molecule is CCC(C(=O)O)N(C)C(=O)NC(C)(C)CC(N)=O. The number of carbonyl (C=O) groups excluding carboxylic acids is 2. The van der Waals surface area contributed by atoms with Crippen LogP contribution in [-0.4, -0.2) is 46.5 Å². The van der Waals surface area contributed by atoms with Crippen molar-refractivity contribution in [3.8, 4) is 0 Å². The van der Waals surface area contributed by atoms with Crippen LogP contribution in [-0.2, 0) is 9.59 Å². The molecule has 0 saturated carbocycles. The lowest BCUT2D eigenvalue weighted by Gasteiger charge is -2.30. The van der Waals surface area contributed by atoms with Crippen LogP contribution in [0.3, 0.4) is 0 Å². The monoisotopic (exact) mass is 259 g/mol. The standard InChI is InChI=1S/C11H21N3O4/c1-5-7(9(16)17)14(4)10(18)13-11(2,3)6-8(12)15/h7H,5-6H2,1-4H3,(H2,12,15)(H,13,18)(H,16,17). The van der Waals surface area contributed by atoms with Crippen molar-refractivity contribution in [1.29, 1.82) is 0 Å². The predicted molar refractivity (Wildman–Crippen MR) is 65.9 cm³/mol. The van der Waals surface area contributed by atoms with Crippen LogP contribution in [0.1, 0.15) is 33.6 Å². The van der Waals surface area contributed by atoms with Gasteiger partial charge < -0.3 is 21.1 Å². The molecule has 0 saturated heterocycles. The highest BCUT2D eigenvalue weighted by Crippen LogP contribution is 2.10. The van der Waals surface area contributed by atoms with Crippen molar-refractivity contribution < 1.29 is 19.5 Å². The average molecular weight is 259 g/mol. The first-order valence-electron chi connectivity index (χ1n) is 5.66. The average Bonchev–Trinajstić information content (AvgIpc) is 2.14. The number of hydrogen-bond acceptors (Lipinski definition) is 3. The van der Waals surface area contributed by atoms with Crippen molar-refractivity contribution in [2.45, 2.75) is 45.2 Å². The summed E-state index contributed by atoms with van der Waals surface area (Å²) >= 11 is 0. The summed E-state index contributed by atoms with van der Waals surface area (Å²) < 4.78 is 0. The lowest BCUT2D eigenvalue weighted by Crippen LogP contribution is -2.54. The Balaban J connectivity index is 4.66. The van der Waals surface area contributed by atoms with Gasteiger partial charge in [0, 0.05) is 19.0 Å². The molecule has 0 aliphatic carbocycles. The topological polar surface area (TPSA) is 113 Å². The lowest BCUT2D eigenvalue weighted by atomic mass is 10.0. The second-order valence-electron chi connectivity index (χ2n) is 4.83. The number of hydrogen-bond donors (Lipinski definition) is 3. The molecule has 0 aromatic heterocycles. The maximum atomic E-state index is 11.8. The Hall–Kier alpha value is -1.79. The van der Waals surface area contributed by atoms with Crippen molar-refractivity contribution in [3.05, 3.63) is 0 Å². The van der Waals surface area contributed by atoms with E-state index in [0.717, 1.165) is 4.90 Å². The summed E-state index contributed by atoms with van der Waals surface area (Å²) in [7, 11) is 1.40. The molecule has 0 heterocycles. The molecule has 0 aliphatic heterocycles. The second-order valence-corrected chi connectivity index (χ2v) is 4.83. The smallest absolute Gasteiger partial charge is 0.326 e. The summed E-state index contributed by atoms with van der Waals surface area (Å²) in [6, 6.07) is -1.44. The van der Waals surface area contributed by atoms with E-state index in [1.165, 1.54) is 7.05 Å². The molecule has 0 bridgehead atoms. The molecular formula is C11H21N3O4. The van der Waals surface area contributed by atoms with Gasteiger partial charge in [0.15, 0.2) is 0 Å². The number of aliphatic carboxylic acids is 1. The van der Waals surface area contributed by atoms with E-state index in [-0.39, 0.29) is 6.42 Å². The Labute approximate surface area is 106 Å². The van der Waals surface area contributed by atoms with Gasteiger partial charge in [0.25, 0.3) is 0 Å². The third-order valence-electron chi connectivity index (χ3n) is 2.52. The molecule has 0 aliphatic rings. The van der Waals surface area contributed by atoms with Crippen LogP contribution in [0.4, 0.5) is 4.79 Å². The highest BCUT2D eigenvalue weighted by atomic mass is 16.4. The van der Waals surface area contributed by atoms with Gasteiger partial charge in [-0.3, -0.25) is 4.79 Å². The summed E-state index contributed by atoms with van der Waals surface area (Å²) in [6.07, 6.45) is 0.284. The number of nitrogens with two attached hydrogens (primary N) is 1. The molecule has 7 heteroatoms. The Kier molecular flexibility index (Phi) is 5.61. The summed E-state index contributed by atoms with van der Waals surface area (Å²) in [5.41, 5.74) is 4.26. The van der Waals surface area contributed by atoms with Gasteiger partial charge in [-0.05, 0) is 20.3 Å². The number of likely N-dealkylation sites (N-methyl/N-ethyl adjacent to an activating group) is 1. The first-order chi connectivity index (χ1) is 8.10. The number of carbonyl (C=O) groups is 3. The molecule has 104 valence electrons. The number of carboxylic acids is 1. The minimum absolute atomic E-state index is 0.0174. The van der Waals surface area contributed by atoms with E-state index in [1.807, 2.05) is 0 Å². The van der Waals surface area contributed by atoms with Gasteiger partial charge >= 0.3 is 12.0 Å². The van der Waals surface area contributed by atoms with Crippen LogP contribution >= 0.6 is 0 Å². The Morgan fingerprint density at radius 3 is 2.22 bits per heavy atom. The molecule has 0 rings (SSSR count). The zero-order valence-corrected chi connectivity index (χ0v) is 11.2. The molecule has 0 spiro atoms. The Morgan fingerprint density at radius 1 is 1.39 bits per heavy atom. The summed E-state index contributed by atoms with van der Waals surface area (Å²) in [5, 5.41) is 11.5. The number of nitrogens with zero attached hydrogens (tertiary/aromatic N) is 1.